The summed E-state index contributed by atoms with van der Waals surface area (Å²) in [5.74, 6) is 1.38. The zero-order chi connectivity index (χ0) is 13.1. The molecule has 0 bridgehead atoms. The molecule has 2 aliphatic heterocycles. The summed E-state index contributed by atoms with van der Waals surface area (Å²) in [6.07, 6.45) is 4.74. The van der Waals surface area contributed by atoms with E-state index in [4.69, 9.17) is 9.47 Å². The minimum atomic E-state index is -0.351. The van der Waals surface area contributed by atoms with Gasteiger partial charge in [-0.25, -0.2) is 0 Å². The SMILES string of the molecule is OC(CC1CCOc2ccccc21)C1CCCCO1. The van der Waals surface area contributed by atoms with E-state index in [9.17, 15) is 5.11 Å². The highest BCUT2D eigenvalue weighted by molar-refractivity contribution is 5.37. The predicted molar refractivity (Wildman–Crippen MR) is 73.5 cm³/mol. The van der Waals surface area contributed by atoms with Crippen molar-refractivity contribution in [3.63, 3.8) is 0 Å². The maximum absolute atomic E-state index is 10.4. The van der Waals surface area contributed by atoms with E-state index in [2.05, 4.69) is 6.07 Å². The van der Waals surface area contributed by atoms with Crippen LogP contribution in [0.3, 0.4) is 0 Å². The van der Waals surface area contributed by atoms with Gasteiger partial charge in [0, 0.05) is 6.61 Å². The van der Waals surface area contributed by atoms with Crippen LogP contribution >= 0.6 is 0 Å². The highest BCUT2D eigenvalue weighted by atomic mass is 16.5. The lowest BCUT2D eigenvalue weighted by atomic mass is 9.86. The van der Waals surface area contributed by atoms with Crippen molar-refractivity contribution in [1.82, 2.24) is 0 Å². The molecule has 1 saturated heterocycles. The Morgan fingerprint density at radius 3 is 2.89 bits per heavy atom. The van der Waals surface area contributed by atoms with Gasteiger partial charge in [0.15, 0.2) is 0 Å². The molecule has 0 amide bonds. The Kier molecular flexibility index (Phi) is 4.04. The zero-order valence-electron chi connectivity index (χ0n) is 11.3. The van der Waals surface area contributed by atoms with E-state index in [1.165, 1.54) is 12.0 Å². The van der Waals surface area contributed by atoms with Gasteiger partial charge in [-0.15, -0.1) is 0 Å². The smallest absolute Gasteiger partial charge is 0.122 e. The number of hydrogen-bond acceptors (Lipinski definition) is 3. The summed E-state index contributed by atoms with van der Waals surface area (Å²) in [7, 11) is 0. The van der Waals surface area contributed by atoms with Crippen LogP contribution in [0, 0.1) is 0 Å². The van der Waals surface area contributed by atoms with Gasteiger partial charge in [-0.2, -0.15) is 0 Å². The Balaban J connectivity index is 1.66. The second-order valence-electron chi connectivity index (χ2n) is 5.58. The molecule has 1 N–H and O–H groups in total. The number of aliphatic hydroxyl groups is 1. The van der Waals surface area contributed by atoms with Crippen molar-refractivity contribution in [2.45, 2.75) is 50.2 Å². The summed E-state index contributed by atoms with van der Waals surface area (Å²) in [6, 6.07) is 8.19. The second-order valence-corrected chi connectivity index (χ2v) is 5.58. The van der Waals surface area contributed by atoms with E-state index in [1.54, 1.807) is 0 Å². The summed E-state index contributed by atoms with van der Waals surface area (Å²) >= 11 is 0. The van der Waals surface area contributed by atoms with Crippen LogP contribution in [-0.4, -0.2) is 30.5 Å². The third kappa shape index (κ3) is 2.93. The molecule has 3 unspecified atom stereocenters. The van der Waals surface area contributed by atoms with Gasteiger partial charge >= 0.3 is 0 Å². The molecule has 1 aromatic carbocycles. The number of rotatable bonds is 3. The van der Waals surface area contributed by atoms with E-state index in [-0.39, 0.29) is 12.2 Å². The van der Waals surface area contributed by atoms with Crippen LogP contribution in [-0.2, 0) is 4.74 Å². The number of ether oxygens (including phenoxy) is 2. The van der Waals surface area contributed by atoms with E-state index >= 15 is 0 Å². The third-order valence-electron chi connectivity index (χ3n) is 4.25. The van der Waals surface area contributed by atoms with E-state index in [1.807, 2.05) is 18.2 Å². The van der Waals surface area contributed by atoms with Crippen molar-refractivity contribution in [2.75, 3.05) is 13.2 Å². The van der Waals surface area contributed by atoms with E-state index in [0.29, 0.717) is 5.92 Å². The lowest BCUT2D eigenvalue weighted by molar-refractivity contribution is -0.0671. The van der Waals surface area contributed by atoms with Crippen molar-refractivity contribution in [2.24, 2.45) is 0 Å². The average molecular weight is 262 g/mol. The summed E-state index contributed by atoms with van der Waals surface area (Å²) in [5.41, 5.74) is 1.24. The lowest BCUT2D eigenvalue weighted by Gasteiger charge is -2.32. The number of hydrogen-bond donors (Lipinski definition) is 1. The molecule has 104 valence electrons. The fraction of sp³-hybridized carbons (Fsp3) is 0.625. The van der Waals surface area contributed by atoms with Gasteiger partial charge < -0.3 is 14.6 Å². The molecule has 3 heteroatoms. The third-order valence-corrected chi connectivity index (χ3v) is 4.25. The summed E-state index contributed by atoms with van der Waals surface area (Å²) in [6.45, 7) is 1.55. The topological polar surface area (TPSA) is 38.7 Å². The fourth-order valence-electron chi connectivity index (χ4n) is 3.17. The molecule has 0 spiro atoms. The fourth-order valence-corrected chi connectivity index (χ4v) is 3.17. The van der Waals surface area contributed by atoms with Crippen LogP contribution in [0.2, 0.25) is 0 Å². The first-order chi connectivity index (χ1) is 9.34. The molecule has 3 atom stereocenters. The molecule has 0 aliphatic carbocycles. The molecule has 3 rings (SSSR count). The Morgan fingerprint density at radius 2 is 2.05 bits per heavy atom. The quantitative estimate of drug-likeness (QED) is 0.910. The van der Waals surface area contributed by atoms with Crippen molar-refractivity contribution >= 4 is 0 Å². The van der Waals surface area contributed by atoms with E-state index < -0.39 is 0 Å². The summed E-state index contributed by atoms with van der Waals surface area (Å²) in [5, 5.41) is 10.4. The molecule has 0 aromatic heterocycles. The molecule has 0 radical (unpaired) electrons. The van der Waals surface area contributed by atoms with Gasteiger partial charge in [0.2, 0.25) is 0 Å². The molecular weight excluding hydrogens is 240 g/mol. The molecule has 2 heterocycles. The first-order valence-electron chi connectivity index (χ1n) is 7.36. The number of para-hydroxylation sites is 1. The van der Waals surface area contributed by atoms with Gasteiger partial charge in [0.05, 0.1) is 18.8 Å². The van der Waals surface area contributed by atoms with Gasteiger partial charge in [-0.05, 0) is 49.7 Å². The number of aliphatic hydroxyl groups excluding tert-OH is 1. The average Bonchev–Trinajstić information content (AvgIpc) is 2.48. The monoisotopic (exact) mass is 262 g/mol. The summed E-state index contributed by atoms with van der Waals surface area (Å²) in [4.78, 5) is 0. The van der Waals surface area contributed by atoms with Gasteiger partial charge in [-0.1, -0.05) is 18.2 Å². The van der Waals surface area contributed by atoms with Crippen LogP contribution < -0.4 is 4.74 Å². The van der Waals surface area contributed by atoms with Crippen molar-refractivity contribution in [3.8, 4) is 5.75 Å². The van der Waals surface area contributed by atoms with Crippen LogP contribution in [0.25, 0.3) is 0 Å². The molecule has 1 aromatic rings. The van der Waals surface area contributed by atoms with Crippen molar-refractivity contribution in [3.05, 3.63) is 29.8 Å². The van der Waals surface area contributed by atoms with Gasteiger partial charge in [-0.3, -0.25) is 0 Å². The van der Waals surface area contributed by atoms with Crippen LogP contribution in [0.1, 0.15) is 43.6 Å². The Morgan fingerprint density at radius 1 is 1.16 bits per heavy atom. The first kappa shape index (κ1) is 12.9. The highest BCUT2D eigenvalue weighted by Crippen LogP contribution is 2.37. The maximum Gasteiger partial charge on any atom is 0.122 e. The highest BCUT2D eigenvalue weighted by Gasteiger charge is 2.28. The Bertz CT molecular complexity index is 412. The number of benzene rings is 1. The molecule has 1 fully saturated rings. The number of fused-ring (bicyclic) bond motifs is 1. The van der Waals surface area contributed by atoms with Crippen LogP contribution in [0.15, 0.2) is 24.3 Å². The lowest BCUT2D eigenvalue weighted by Crippen LogP contribution is -2.34. The maximum atomic E-state index is 10.4. The standard InChI is InChI=1S/C16H22O3/c17-14(16-7-3-4-9-18-16)11-12-8-10-19-15-6-2-1-5-13(12)15/h1-2,5-6,12,14,16-17H,3-4,7-11H2. The molecule has 0 saturated carbocycles. The van der Waals surface area contributed by atoms with Crippen molar-refractivity contribution in [1.29, 1.82) is 0 Å². The van der Waals surface area contributed by atoms with Gasteiger partial charge in [0.1, 0.15) is 5.75 Å². The van der Waals surface area contributed by atoms with Crippen molar-refractivity contribution < 1.29 is 14.6 Å². The largest absolute Gasteiger partial charge is 0.493 e. The van der Waals surface area contributed by atoms with Crippen LogP contribution in [0.4, 0.5) is 0 Å². The molecular formula is C16H22O3. The van der Waals surface area contributed by atoms with Gasteiger partial charge in [0.25, 0.3) is 0 Å². The minimum absolute atomic E-state index is 0.0313. The minimum Gasteiger partial charge on any atom is -0.493 e. The van der Waals surface area contributed by atoms with Crippen LogP contribution in [0.5, 0.6) is 5.75 Å². The predicted octanol–water partition coefficient (Wildman–Crippen LogP) is 2.87. The Labute approximate surface area is 114 Å². The molecule has 3 nitrogen and oxygen atoms in total. The normalized spacial score (nSPS) is 28.3. The summed E-state index contributed by atoms with van der Waals surface area (Å²) < 4.78 is 11.4. The molecule has 19 heavy (non-hydrogen) atoms. The molecule has 2 aliphatic rings. The second kappa shape index (κ2) is 5.93. The Hall–Kier alpha value is -1.06. The first-order valence-corrected chi connectivity index (χ1v) is 7.36. The van der Waals surface area contributed by atoms with E-state index in [0.717, 1.165) is 44.6 Å². The zero-order valence-corrected chi connectivity index (χ0v) is 11.3.